The first-order valence-corrected chi connectivity index (χ1v) is 23.7. The summed E-state index contributed by atoms with van der Waals surface area (Å²) >= 11 is 0. The monoisotopic (exact) mass is 966 g/mol. The average Bonchev–Trinajstić information content (AvgIpc) is 3.76. The summed E-state index contributed by atoms with van der Waals surface area (Å²) in [5.74, 6) is 0.833. The smallest absolute Gasteiger partial charge is 0.120 e. The van der Waals surface area contributed by atoms with Gasteiger partial charge in [0, 0.05) is 37.4 Å². The number of nitrogens with zero attached hydrogens (tertiary/aromatic N) is 3. The number of furan rings is 1. The summed E-state index contributed by atoms with van der Waals surface area (Å²) in [6.45, 7) is 20.6. The zero-order valence-corrected chi connectivity index (χ0v) is 38.9. The number of fused-ring (bicyclic) bond motifs is 4. The van der Waals surface area contributed by atoms with Crippen LogP contribution in [0.5, 0.6) is 0 Å². The summed E-state index contributed by atoms with van der Waals surface area (Å²) < 4.78 is 8.65. The molecular formula is C53H51IrN3OSi-2. The molecule has 0 atom stereocenters. The summed E-state index contributed by atoms with van der Waals surface area (Å²) in [6.07, 6.45) is 3.21. The zero-order chi connectivity index (χ0) is 40.8. The van der Waals surface area contributed by atoms with Crippen LogP contribution in [-0.4, -0.2) is 22.6 Å². The number of imidazole rings is 1. The number of benzene rings is 6. The molecule has 0 fully saturated rings. The molecule has 9 rings (SSSR count). The Kier molecular flexibility index (Phi) is 11.8. The quantitative estimate of drug-likeness (QED) is 0.123. The molecule has 0 N–H and O–H groups in total. The Bertz CT molecular complexity index is 2890. The van der Waals surface area contributed by atoms with Crippen LogP contribution in [-0.2, 0) is 26.5 Å². The number of aryl methyl sites for hydroxylation is 3. The van der Waals surface area contributed by atoms with Gasteiger partial charge in [-0.15, -0.1) is 53.6 Å². The minimum Gasteiger partial charge on any atom is -0.501 e. The van der Waals surface area contributed by atoms with E-state index in [4.69, 9.17) is 14.4 Å². The van der Waals surface area contributed by atoms with Gasteiger partial charge in [0.25, 0.3) is 0 Å². The van der Waals surface area contributed by atoms with Gasteiger partial charge < -0.3 is 14.0 Å². The van der Waals surface area contributed by atoms with E-state index in [1.165, 1.54) is 38.6 Å². The SMILES string of the molecule is Cc1c[c-]c(-c2cc(CC(C)(C)C)c([Si](C)(C)C)cn2)cc1.Cc1cc(-c2ccccc2)cc(C)c1-n1c(-c2[c-]ccc3c2oc2ccccc23)nc2ccccc21.[Ir]. The third-order valence-corrected chi connectivity index (χ3v) is 12.8. The first-order valence-electron chi connectivity index (χ1n) is 20.2. The van der Waals surface area contributed by atoms with Crippen molar-refractivity contribution >= 4 is 46.2 Å². The average molecular weight is 966 g/mol. The second-order valence-corrected chi connectivity index (χ2v) is 22.8. The molecule has 0 aliphatic rings. The molecule has 0 saturated carbocycles. The number of hydrogen-bond donors (Lipinski definition) is 0. The van der Waals surface area contributed by atoms with E-state index >= 15 is 0 Å². The van der Waals surface area contributed by atoms with Crippen LogP contribution in [0.3, 0.4) is 0 Å². The van der Waals surface area contributed by atoms with E-state index in [1.807, 2.05) is 36.4 Å². The van der Waals surface area contributed by atoms with Crippen molar-refractivity contribution in [1.29, 1.82) is 0 Å². The van der Waals surface area contributed by atoms with Gasteiger partial charge in [0.2, 0.25) is 0 Å². The van der Waals surface area contributed by atoms with E-state index in [1.54, 1.807) is 0 Å². The van der Waals surface area contributed by atoms with Gasteiger partial charge >= 0.3 is 0 Å². The fraction of sp³-hybridized carbons (Fsp3) is 0.208. The molecule has 0 spiro atoms. The van der Waals surface area contributed by atoms with Gasteiger partial charge in [0.15, 0.2) is 0 Å². The molecule has 0 aliphatic carbocycles. The van der Waals surface area contributed by atoms with Crippen molar-refractivity contribution in [3.63, 3.8) is 0 Å². The normalized spacial score (nSPS) is 11.7. The third kappa shape index (κ3) is 8.68. The van der Waals surface area contributed by atoms with E-state index in [0.717, 1.165) is 67.7 Å². The molecule has 0 bridgehead atoms. The number of para-hydroxylation sites is 3. The first kappa shape index (κ1) is 41.8. The van der Waals surface area contributed by atoms with E-state index in [0.29, 0.717) is 0 Å². The molecule has 0 aliphatic heterocycles. The van der Waals surface area contributed by atoms with Crippen LogP contribution in [0.4, 0.5) is 0 Å². The molecule has 9 aromatic rings. The Labute approximate surface area is 363 Å². The van der Waals surface area contributed by atoms with Crippen molar-refractivity contribution in [2.24, 2.45) is 5.41 Å². The summed E-state index contributed by atoms with van der Waals surface area (Å²) in [4.78, 5) is 9.85. The van der Waals surface area contributed by atoms with Crippen LogP contribution in [0.25, 0.3) is 72.4 Å². The second-order valence-electron chi connectivity index (χ2n) is 17.8. The van der Waals surface area contributed by atoms with Crippen molar-refractivity contribution in [1.82, 2.24) is 14.5 Å². The van der Waals surface area contributed by atoms with Gasteiger partial charge in [-0.3, -0.25) is 4.98 Å². The number of hydrogen-bond acceptors (Lipinski definition) is 3. The molecule has 0 unspecified atom stereocenters. The minimum atomic E-state index is -1.38. The van der Waals surface area contributed by atoms with Crippen LogP contribution in [0.15, 0.2) is 138 Å². The predicted octanol–water partition coefficient (Wildman–Crippen LogP) is 13.7. The van der Waals surface area contributed by atoms with Gasteiger partial charge in [-0.2, -0.15) is 0 Å². The molecule has 6 heteroatoms. The molecule has 6 aromatic carbocycles. The maximum absolute atomic E-state index is 6.38. The zero-order valence-electron chi connectivity index (χ0n) is 35.5. The van der Waals surface area contributed by atoms with Crippen LogP contribution in [0, 0.1) is 38.3 Å². The number of aromatic nitrogens is 3. The van der Waals surface area contributed by atoms with E-state index in [9.17, 15) is 0 Å². The molecule has 3 heterocycles. The largest absolute Gasteiger partial charge is 0.501 e. The van der Waals surface area contributed by atoms with Crippen LogP contribution in [0.2, 0.25) is 19.6 Å². The molecule has 59 heavy (non-hydrogen) atoms. The van der Waals surface area contributed by atoms with Gasteiger partial charge in [0.1, 0.15) is 5.58 Å². The molecule has 1 radical (unpaired) electrons. The van der Waals surface area contributed by atoms with Crippen molar-refractivity contribution in [3.8, 4) is 39.5 Å². The molecule has 299 valence electrons. The van der Waals surface area contributed by atoms with Gasteiger partial charge in [-0.05, 0) is 89.1 Å². The summed E-state index contributed by atoms with van der Waals surface area (Å²) in [5, 5.41) is 3.66. The van der Waals surface area contributed by atoms with Gasteiger partial charge in [-0.25, -0.2) is 0 Å². The van der Waals surface area contributed by atoms with Gasteiger partial charge in [0.05, 0.1) is 30.5 Å². The Morgan fingerprint density at radius 1 is 0.729 bits per heavy atom. The van der Waals surface area contributed by atoms with Crippen molar-refractivity contribution in [3.05, 3.63) is 168 Å². The van der Waals surface area contributed by atoms with Crippen LogP contribution in [0.1, 0.15) is 43.0 Å². The third-order valence-electron chi connectivity index (χ3n) is 10.7. The summed E-state index contributed by atoms with van der Waals surface area (Å²) in [7, 11) is -1.38. The summed E-state index contributed by atoms with van der Waals surface area (Å²) in [5.41, 5.74) is 15.6. The van der Waals surface area contributed by atoms with Crippen LogP contribution >= 0.6 is 0 Å². The Morgan fingerprint density at radius 3 is 2.12 bits per heavy atom. The molecule has 0 saturated heterocycles. The standard InChI is InChI=1S/C33H23N2O.C20H28NSi.Ir/c1-21-19-24(23-11-4-3-5-12-23)20-22(2)31(21)35-29-17-8-7-16-28(29)34-33(35)27-15-10-14-26-25-13-6-9-18-30(25)36-32(26)27;1-15-8-10-16(11-9-15)18-12-17(13-20(2,3)4)19(14-21-18)22(5,6)7;/h3-14,16-20H,1-2H3;8-10,12,14H,13H2,1-7H3;/q2*-1;. The van der Waals surface area contributed by atoms with Crippen molar-refractivity contribution < 1.29 is 24.5 Å². The maximum atomic E-state index is 6.38. The fourth-order valence-electron chi connectivity index (χ4n) is 8.08. The summed E-state index contributed by atoms with van der Waals surface area (Å²) in [6, 6.07) is 51.0. The van der Waals surface area contributed by atoms with Crippen LogP contribution < -0.4 is 5.19 Å². The number of rotatable bonds is 6. The topological polar surface area (TPSA) is 43.9 Å². The molecule has 4 nitrogen and oxygen atoms in total. The molecular weight excluding hydrogens is 915 g/mol. The predicted molar refractivity (Wildman–Crippen MR) is 247 cm³/mol. The maximum Gasteiger partial charge on any atom is 0.120 e. The number of pyridine rings is 1. The first-order chi connectivity index (χ1) is 27.7. The molecule has 3 aromatic heterocycles. The molecule has 0 amide bonds. The Hall–Kier alpha value is -5.39. The fourth-order valence-corrected chi connectivity index (χ4v) is 9.66. The Balaban J connectivity index is 0.000000199. The van der Waals surface area contributed by atoms with E-state index in [2.05, 4.69) is 175 Å². The van der Waals surface area contributed by atoms with E-state index < -0.39 is 8.07 Å². The Morgan fingerprint density at radius 2 is 1.42 bits per heavy atom. The minimum absolute atomic E-state index is 0. The van der Waals surface area contributed by atoms with E-state index in [-0.39, 0.29) is 25.5 Å². The van der Waals surface area contributed by atoms with Gasteiger partial charge in [-0.1, -0.05) is 131 Å². The van der Waals surface area contributed by atoms with Crippen molar-refractivity contribution in [2.75, 3.05) is 0 Å². The second kappa shape index (κ2) is 16.7. The van der Waals surface area contributed by atoms with Crippen molar-refractivity contribution in [2.45, 2.75) is 67.6 Å².